The fraction of sp³-hybridized carbons (Fsp3) is 0.273. The predicted octanol–water partition coefficient (Wildman–Crippen LogP) is 4.33. The van der Waals surface area contributed by atoms with E-state index >= 15 is 0 Å². The second kappa shape index (κ2) is 6.75. The SMILES string of the molecule is COc1cccc(-c2ccc3c(Cl)c(C(=O)N4CC5(CCC(=O)N5)C4)sc3c2)c1. The van der Waals surface area contributed by atoms with Gasteiger partial charge in [0.25, 0.3) is 5.91 Å². The number of benzene rings is 2. The predicted molar refractivity (Wildman–Crippen MR) is 115 cm³/mol. The van der Waals surface area contributed by atoms with Crippen molar-refractivity contribution in [2.75, 3.05) is 20.2 Å². The van der Waals surface area contributed by atoms with Crippen molar-refractivity contribution in [3.63, 3.8) is 0 Å². The van der Waals surface area contributed by atoms with Crippen LogP contribution in [0.3, 0.4) is 0 Å². The van der Waals surface area contributed by atoms with E-state index < -0.39 is 0 Å². The lowest BCUT2D eigenvalue weighted by atomic mass is 9.88. The molecule has 2 fully saturated rings. The highest BCUT2D eigenvalue weighted by atomic mass is 35.5. The highest BCUT2D eigenvalue weighted by Gasteiger charge is 2.49. The van der Waals surface area contributed by atoms with Gasteiger partial charge in [0.2, 0.25) is 5.91 Å². The van der Waals surface area contributed by atoms with E-state index in [1.54, 1.807) is 12.0 Å². The molecule has 1 spiro atoms. The van der Waals surface area contributed by atoms with Crippen LogP contribution in [-0.2, 0) is 4.79 Å². The van der Waals surface area contributed by atoms with Crippen molar-refractivity contribution >= 4 is 44.8 Å². The van der Waals surface area contributed by atoms with Gasteiger partial charge in [0.1, 0.15) is 10.6 Å². The lowest BCUT2D eigenvalue weighted by Crippen LogP contribution is -2.68. The van der Waals surface area contributed by atoms with Gasteiger partial charge < -0.3 is 15.0 Å². The fourth-order valence-corrected chi connectivity index (χ4v) is 5.69. The maximum atomic E-state index is 13.0. The molecule has 148 valence electrons. The van der Waals surface area contributed by atoms with Gasteiger partial charge in [0.15, 0.2) is 0 Å². The van der Waals surface area contributed by atoms with Gasteiger partial charge in [0, 0.05) is 29.6 Å². The third-order valence-electron chi connectivity index (χ3n) is 5.74. The third-order valence-corrected chi connectivity index (χ3v) is 7.38. The number of halogens is 1. The zero-order valence-corrected chi connectivity index (χ0v) is 17.4. The fourth-order valence-electron chi connectivity index (χ4n) is 4.17. The number of amides is 2. The van der Waals surface area contributed by atoms with Gasteiger partial charge in [-0.3, -0.25) is 9.59 Å². The molecule has 1 aromatic heterocycles. The largest absolute Gasteiger partial charge is 0.497 e. The maximum Gasteiger partial charge on any atom is 0.265 e. The number of fused-ring (bicyclic) bond motifs is 1. The number of nitrogens with one attached hydrogen (secondary N) is 1. The van der Waals surface area contributed by atoms with E-state index in [1.165, 1.54) is 11.3 Å². The molecule has 7 heteroatoms. The van der Waals surface area contributed by atoms with Crippen LogP contribution in [0.5, 0.6) is 5.75 Å². The van der Waals surface area contributed by atoms with Crippen LogP contribution in [0.15, 0.2) is 42.5 Å². The monoisotopic (exact) mass is 426 g/mol. The summed E-state index contributed by atoms with van der Waals surface area (Å²) in [6, 6.07) is 13.9. The van der Waals surface area contributed by atoms with E-state index in [0.717, 1.165) is 33.4 Å². The van der Waals surface area contributed by atoms with E-state index in [9.17, 15) is 9.59 Å². The van der Waals surface area contributed by atoms with Crippen LogP contribution in [0.4, 0.5) is 0 Å². The summed E-state index contributed by atoms with van der Waals surface area (Å²) < 4.78 is 6.29. The molecule has 5 nitrogen and oxygen atoms in total. The molecule has 2 saturated heterocycles. The summed E-state index contributed by atoms with van der Waals surface area (Å²) in [5, 5.41) is 4.40. The molecular weight excluding hydrogens is 408 g/mol. The summed E-state index contributed by atoms with van der Waals surface area (Å²) in [4.78, 5) is 26.8. The molecule has 2 amide bonds. The van der Waals surface area contributed by atoms with Crippen LogP contribution in [0.1, 0.15) is 22.5 Å². The quantitative estimate of drug-likeness (QED) is 0.678. The highest BCUT2D eigenvalue weighted by molar-refractivity contribution is 7.21. The zero-order valence-electron chi connectivity index (χ0n) is 15.8. The van der Waals surface area contributed by atoms with Gasteiger partial charge in [-0.1, -0.05) is 35.9 Å². The number of hydrogen-bond donors (Lipinski definition) is 1. The molecule has 3 aromatic rings. The Hall–Kier alpha value is -2.57. The molecule has 29 heavy (non-hydrogen) atoms. The molecule has 0 atom stereocenters. The second-order valence-electron chi connectivity index (χ2n) is 7.68. The molecule has 3 heterocycles. The Labute approximate surface area is 177 Å². The number of ether oxygens (including phenoxy) is 1. The van der Waals surface area contributed by atoms with Crippen LogP contribution in [0.25, 0.3) is 21.2 Å². The molecule has 5 rings (SSSR count). The Morgan fingerprint density at radius 1 is 1.21 bits per heavy atom. The summed E-state index contributed by atoms with van der Waals surface area (Å²) in [7, 11) is 1.65. The van der Waals surface area contributed by atoms with E-state index in [4.69, 9.17) is 16.3 Å². The van der Waals surface area contributed by atoms with Gasteiger partial charge in [-0.15, -0.1) is 11.3 Å². The van der Waals surface area contributed by atoms with Crippen LogP contribution < -0.4 is 10.1 Å². The lowest BCUT2D eigenvalue weighted by Gasteiger charge is -2.47. The summed E-state index contributed by atoms with van der Waals surface area (Å²) in [6.07, 6.45) is 1.33. The minimum atomic E-state index is -0.227. The van der Waals surface area contributed by atoms with Gasteiger partial charge in [-0.05, 0) is 35.7 Å². The number of carbonyl (C=O) groups is 2. The minimum Gasteiger partial charge on any atom is -0.497 e. The van der Waals surface area contributed by atoms with E-state index in [2.05, 4.69) is 11.4 Å². The smallest absolute Gasteiger partial charge is 0.265 e. The summed E-state index contributed by atoms with van der Waals surface area (Å²) in [5.74, 6) is 0.807. The van der Waals surface area contributed by atoms with Crippen LogP contribution in [0, 0.1) is 0 Å². The number of hydrogen-bond acceptors (Lipinski definition) is 4. The number of nitrogens with zero attached hydrogens (tertiary/aromatic N) is 1. The van der Waals surface area contributed by atoms with Crippen molar-refractivity contribution in [3.8, 4) is 16.9 Å². The molecule has 0 saturated carbocycles. The Morgan fingerprint density at radius 2 is 2.00 bits per heavy atom. The molecule has 2 aliphatic heterocycles. The molecule has 0 aliphatic carbocycles. The molecular formula is C22H19ClN2O3S. The van der Waals surface area contributed by atoms with Crippen molar-refractivity contribution in [2.45, 2.75) is 18.4 Å². The first kappa shape index (κ1) is 18.5. The number of likely N-dealkylation sites (tertiary alicyclic amines) is 1. The maximum absolute atomic E-state index is 13.0. The second-order valence-corrected chi connectivity index (χ2v) is 9.11. The number of carbonyl (C=O) groups excluding carboxylic acids is 2. The standard InChI is InChI=1S/C22H19ClN2O3S/c1-28-15-4-2-3-13(9-15)14-5-6-16-17(10-14)29-20(19(16)23)21(27)25-11-22(12-25)8-7-18(26)24-22/h2-6,9-10H,7-8,11-12H2,1H3,(H,24,26). The molecule has 1 N–H and O–H groups in total. The Bertz CT molecular complexity index is 1150. The van der Waals surface area contributed by atoms with Crippen molar-refractivity contribution in [3.05, 3.63) is 52.4 Å². The van der Waals surface area contributed by atoms with Crippen molar-refractivity contribution in [1.29, 1.82) is 0 Å². The summed E-state index contributed by atoms with van der Waals surface area (Å²) >= 11 is 7.99. The first-order valence-corrected chi connectivity index (χ1v) is 10.6. The molecule has 0 radical (unpaired) electrons. The van der Waals surface area contributed by atoms with Gasteiger partial charge in [-0.25, -0.2) is 0 Å². The van der Waals surface area contributed by atoms with Crippen LogP contribution in [0.2, 0.25) is 5.02 Å². The summed E-state index contributed by atoms with van der Waals surface area (Å²) in [5.41, 5.74) is 1.87. The normalized spacial score (nSPS) is 17.4. The van der Waals surface area contributed by atoms with Crippen molar-refractivity contribution < 1.29 is 14.3 Å². The van der Waals surface area contributed by atoms with Crippen molar-refractivity contribution in [2.24, 2.45) is 0 Å². The Balaban J connectivity index is 1.43. The third kappa shape index (κ3) is 3.07. The number of rotatable bonds is 3. The van der Waals surface area contributed by atoms with Crippen LogP contribution in [-0.4, -0.2) is 42.5 Å². The highest BCUT2D eigenvalue weighted by Crippen LogP contribution is 2.40. The van der Waals surface area contributed by atoms with Crippen molar-refractivity contribution in [1.82, 2.24) is 10.2 Å². The summed E-state index contributed by atoms with van der Waals surface area (Å²) in [6.45, 7) is 1.11. The van der Waals surface area contributed by atoms with Gasteiger partial charge in [0.05, 0.1) is 17.7 Å². The first-order chi connectivity index (χ1) is 14.0. The molecule has 0 bridgehead atoms. The average molecular weight is 427 g/mol. The van der Waals surface area contributed by atoms with E-state index in [1.807, 2.05) is 36.4 Å². The molecule has 2 aliphatic rings. The Kier molecular flexibility index (Phi) is 4.29. The molecule has 2 aromatic carbocycles. The average Bonchev–Trinajstić information content (AvgIpc) is 3.26. The van der Waals surface area contributed by atoms with E-state index in [0.29, 0.717) is 29.4 Å². The first-order valence-electron chi connectivity index (χ1n) is 9.45. The molecule has 0 unspecified atom stereocenters. The Morgan fingerprint density at radius 3 is 2.72 bits per heavy atom. The van der Waals surface area contributed by atoms with E-state index in [-0.39, 0.29) is 17.4 Å². The number of methoxy groups -OCH3 is 1. The minimum absolute atomic E-state index is 0.0640. The van der Waals surface area contributed by atoms with Gasteiger partial charge in [-0.2, -0.15) is 0 Å². The topological polar surface area (TPSA) is 58.6 Å². The van der Waals surface area contributed by atoms with Crippen LogP contribution >= 0.6 is 22.9 Å². The van der Waals surface area contributed by atoms with Gasteiger partial charge >= 0.3 is 0 Å². The lowest BCUT2D eigenvalue weighted by molar-refractivity contribution is -0.120. The zero-order chi connectivity index (χ0) is 20.2. The number of thiophene rings is 1.